The lowest BCUT2D eigenvalue weighted by atomic mass is 10.3. The number of aliphatic hydroxyl groups excluding tert-OH is 1. The molecule has 9 heteroatoms. The molecule has 0 bridgehead atoms. The summed E-state index contributed by atoms with van der Waals surface area (Å²) in [6.45, 7) is 1.35. The molecule has 1 aromatic heterocycles. The van der Waals surface area contributed by atoms with Gasteiger partial charge in [-0.2, -0.15) is 0 Å². The van der Waals surface area contributed by atoms with Crippen molar-refractivity contribution in [3.05, 3.63) is 12.0 Å². The van der Waals surface area contributed by atoms with Crippen LogP contribution in [0.5, 0.6) is 0 Å². The molecule has 1 fully saturated rings. The highest BCUT2D eigenvalue weighted by Crippen LogP contribution is 2.31. The molecule has 3 rings (SSSR count). The number of nitrogens with zero attached hydrogens (tertiary/aromatic N) is 4. The molecule has 2 aliphatic heterocycles. The zero-order valence-electron chi connectivity index (χ0n) is 10.3. The van der Waals surface area contributed by atoms with Gasteiger partial charge in [-0.1, -0.05) is 9.39 Å². The summed E-state index contributed by atoms with van der Waals surface area (Å²) in [5.74, 6) is 0.702. The highest BCUT2D eigenvalue weighted by Gasteiger charge is 2.30. The number of aromatic nitrogens is 2. The Morgan fingerprint density at radius 1 is 1.58 bits per heavy atom. The summed E-state index contributed by atoms with van der Waals surface area (Å²) in [5.41, 5.74) is 6.60. The van der Waals surface area contributed by atoms with Gasteiger partial charge in [-0.25, -0.2) is 9.98 Å². The van der Waals surface area contributed by atoms with Gasteiger partial charge in [0.1, 0.15) is 18.1 Å². The predicted octanol–water partition coefficient (Wildman–Crippen LogP) is -0.915. The largest absolute Gasteiger partial charge is 0.394 e. The van der Waals surface area contributed by atoms with Crippen LogP contribution in [0, 0.1) is 0 Å². The van der Waals surface area contributed by atoms with E-state index in [1.54, 1.807) is 12.7 Å². The molecular formula is C10H17N6O2P. The summed E-state index contributed by atoms with van der Waals surface area (Å²) >= 11 is 0. The van der Waals surface area contributed by atoms with Crippen LogP contribution in [-0.4, -0.2) is 51.5 Å². The number of fused-ring (bicyclic) bond motifs is 1. The fraction of sp³-hybridized carbons (Fsp3) is 0.600. The number of imidazole rings is 1. The topological polar surface area (TPSA) is 101 Å². The minimum absolute atomic E-state index is 0.0113. The lowest BCUT2D eigenvalue weighted by molar-refractivity contribution is -0.114. The van der Waals surface area contributed by atoms with E-state index < -0.39 is 0 Å². The van der Waals surface area contributed by atoms with E-state index in [-0.39, 0.29) is 25.1 Å². The van der Waals surface area contributed by atoms with Crippen LogP contribution in [0.3, 0.4) is 0 Å². The molecule has 1 aromatic rings. The standard InChI is InChI=1S/C10H17N6O2P/c11-9-8-10(13-4-12-9)16(5-14-8)7-2-15(19)1-6(3-17)18-7/h4-7,9,17H,1-3,11,19H2,(H,12,13)/t6?,7-,9?/m1/s1. The predicted molar refractivity (Wildman–Crippen MR) is 72.7 cm³/mol. The normalized spacial score (nSPS) is 31.0. The van der Waals surface area contributed by atoms with Crippen LogP contribution in [0.1, 0.15) is 18.1 Å². The first-order chi connectivity index (χ1) is 9.19. The second-order valence-corrected chi connectivity index (χ2v) is 5.34. The van der Waals surface area contributed by atoms with Gasteiger partial charge < -0.3 is 20.9 Å². The van der Waals surface area contributed by atoms with Gasteiger partial charge in [0.05, 0.1) is 25.4 Å². The lowest BCUT2D eigenvalue weighted by Crippen LogP contribution is -2.42. The van der Waals surface area contributed by atoms with E-state index in [0.29, 0.717) is 24.6 Å². The van der Waals surface area contributed by atoms with Gasteiger partial charge in [0.25, 0.3) is 0 Å². The van der Waals surface area contributed by atoms with E-state index >= 15 is 0 Å². The number of ether oxygens (including phenoxy) is 1. The number of hydrogen-bond acceptors (Lipinski definition) is 7. The summed E-state index contributed by atoms with van der Waals surface area (Å²) in [5, 5.41) is 12.2. The van der Waals surface area contributed by atoms with Crippen LogP contribution in [-0.2, 0) is 4.74 Å². The quantitative estimate of drug-likeness (QED) is 0.608. The van der Waals surface area contributed by atoms with E-state index in [1.165, 1.54) is 0 Å². The van der Waals surface area contributed by atoms with Crippen molar-refractivity contribution in [3.8, 4) is 0 Å². The van der Waals surface area contributed by atoms with E-state index in [0.717, 1.165) is 0 Å². The van der Waals surface area contributed by atoms with Crippen molar-refractivity contribution < 1.29 is 9.84 Å². The Morgan fingerprint density at radius 2 is 2.42 bits per heavy atom. The molecule has 0 aromatic carbocycles. The van der Waals surface area contributed by atoms with Crippen LogP contribution < -0.4 is 11.1 Å². The second kappa shape index (κ2) is 5.15. The van der Waals surface area contributed by atoms with Crippen molar-refractivity contribution >= 4 is 21.5 Å². The van der Waals surface area contributed by atoms with Crippen molar-refractivity contribution in [2.24, 2.45) is 10.7 Å². The van der Waals surface area contributed by atoms with Crippen molar-refractivity contribution in [3.63, 3.8) is 0 Å². The minimum Gasteiger partial charge on any atom is -0.394 e. The molecule has 1 saturated heterocycles. The fourth-order valence-corrected chi connectivity index (χ4v) is 2.70. The summed E-state index contributed by atoms with van der Waals surface area (Å²) < 4.78 is 9.72. The Balaban J connectivity index is 1.89. The number of nitrogens with two attached hydrogens (primary N) is 1. The van der Waals surface area contributed by atoms with Crippen molar-refractivity contribution in [1.82, 2.24) is 19.5 Å². The van der Waals surface area contributed by atoms with Crippen LogP contribution in [0.25, 0.3) is 0 Å². The first-order valence-corrected chi connectivity index (χ1v) is 6.57. The number of hydrogen-bond donors (Lipinski definition) is 3. The molecule has 0 spiro atoms. The zero-order valence-corrected chi connectivity index (χ0v) is 11.5. The molecule has 2 aliphatic rings. The van der Waals surface area contributed by atoms with Crippen LogP contribution in [0.4, 0.5) is 5.82 Å². The average Bonchev–Trinajstić information content (AvgIpc) is 2.83. The van der Waals surface area contributed by atoms with Crippen LogP contribution >= 0.6 is 9.39 Å². The van der Waals surface area contributed by atoms with Crippen molar-refractivity contribution in [1.29, 1.82) is 0 Å². The van der Waals surface area contributed by atoms with Crippen molar-refractivity contribution in [2.75, 3.05) is 19.7 Å². The summed E-state index contributed by atoms with van der Waals surface area (Å²) in [4.78, 5) is 8.55. The molecule has 0 aliphatic carbocycles. The van der Waals surface area contributed by atoms with Gasteiger partial charge in [-0.05, 0) is 0 Å². The molecule has 3 unspecified atom stereocenters. The number of nitrogens with one attached hydrogen (secondary N) is 1. The molecular weight excluding hydrogens is 267 g/mol. The number of morpholine rings is 1. The average molecular weight is 284 g/mol. The Hall–Kier alpha value is -1.05. The summed E-state index contributed by atoms with van der Waals surface area (Å²) in [6, 6.07) is 0. The fourth-order valence-electron chi connectivity index (χ4n) is 2.29. The molecule has 4 N–H and O–H groups in total. The second-order valence-electron chi connectivity index (χ2n) is 4.61. The third kappa shape index (κ3) is 2.37. The van der Waals surface area contributed by atoms with Crippen LogP contribution in [0.2, 0.25) is 0 Å². The maximum atomic E-state index is 9.26. The Bertz CT molecular complexity index is 492. The van der Waals surface area contributed by atoms with E-state index in [4.69, 9.17) is 10.5 Å². The number of rotatable bonds is 2. The Labute approximate surface area is 112 Å². The van der Waals surface area contributed by atoms with Gasteiger partial charge >= 0.3 is 0 Å². The molecule has 0 radical (unpaired) electrons. The van der Waals surface area contributed by atoms with Gasteiger partial charge in [0, 0.05) is 13.1 Å². The molecule has 0 amide bonds. The summed E-state index contributed by atoms with van der Waals surface area (Å²) in [6.07, 6.45) is 2.45. The monoisotopic (exact) mass is 284 g/mol. The first-order valence-electron chi connectivity index (χ1n) is 6.06. The maximum Gasteiger partial charge on any atom is 0.163 e. The SMILES string of the molecule is NC1NC=Nc2c1ncn2[C@H]1CN(P)CC(CO)O1. The highest BCUT2D eigenvalue weighted by molar-refractivity contribution is 7.13. The third-order valence-electron chi connectivity index (χ3n) is 3.22. The van der Waals surface area contributed by atoms with Crippen molar-refractivity contribution in [2.45, 2.75) is 18.5 Å². The highest BCUT2D eigenvalue weighted by atomic mass is 31.0. The molecule has 8 nitrogen and oxygen atoms in total. The van der Waals surface area contributed by atoms with Gasteiger partial charge in [0.15, 0.2) is 5.82 Å². The van der Waals surface area contributed by atoms with Gasteiger partial charge in [0.2, 0.25) is 0 Å². The zero-order chi connectivity index (χ0) is 13.4. The molecule has 0 saturated carbocycles. The maximum absolute atomic E-state index is 9.26. The van der Waals surface area contributed by atoms with Gasteiger partial charge in [-0.3, -0.25) is 9.24 Å². The molecule has 104 valence electrons. The van der Waals surface area contributed by atoms with Gasteiger partial charge in [-0.15, -0.1) is 0 Å². The van der Waals surface area contributed by atoms with E-state index in [1.807, 2.05) is 9.24 Å². The minimum atomic E-state index is -0.349. The Kier molecular flexibility index (Phi) is 3.51. The van der Waals surface area contributed by atoms with E-state index in [9.17, 15) is 5.11 Å². The molecule has 19 heavy (non-hydrogen) atoms. The first kappa shape index (κ1) is 13.0. The van der Waals surface area contributed by atoms with E-state index in [2.05, 4.69) is 24.7 Å². The molecule has 4 atom stereocenters. The number of aliphatic imine (C=N–C) groups is 1. The molecule has 3 heterocycles. The lowest BCUT2D eigenvalue weighted by Gasteiger charge is -2.36. The van der Waals surface area contributed by atoms with Crippen LogP contribution in [0.15, 0.2) is 11.3 Å². The number of aliphatic hydroxyl groups is 1. The smallest absolute Gasteiger partial charge is 0.163 e. The Morgan fingerprint density at radius 3 is 3.21 bits per heavy atom. The third-order valence-corrected chi connectivity index (χ3v) is 3.64. The summed E-state index contributed by atoms with van der Waals surface area (Å²) in [7, 11) is 2.64.